The van der Waals surface area contributed by atoms with Crippen molar-refractivity contribution in [3.05, 3.63) is 62.0 Å². The number of ketones is 1. The van der Waals surface area contributed by atoms with E-state index in [1.54, 1.807) is 18.2 Å². The Balaban J connectivity index is 2.09. The molecule has 104 valence electrons. The number of carbonyl (C=O) groups is 1. The summed E-state index contributed by atoms with van der Waals surface area (Å²) in [5.74, 6) is 0.282. The van der Waals surface area contributed by atoms with Gasteiger partial charge in [-0.15, -0.1) is 0 Å². The highest BCUT2D eigenvalue weighted by atomic mass is 79.9. The normalized spacial score (nSPS) is 10.4. The minimum absolute atomic E-state index is 0.0822. The summed E-state index contributed by atoms with van der Waals surface area (Å²) in [6, 6.07) is 10.6. The molecule has 5 heteroatoms. The lowest BCUT2D eigenvalue weighted by molar-refractivity contribution is 0.0921. The van der Waals surface area contributed by atoms with Gasteiger partial charge in [0.2, 0.25) is 0 Å². The molecule has 0 aliphatic heterocycles. The Morgan fingerprint density at radius 3 is 2.65 bits per heavy atom. The highest BCUT2D eigenvalue weighted by Gasteiger charge is 2.11. The molecule has 2 nitrogen and oxygen atoms in total. The highest BCUT2D eigenvalue weighted by Crippen LogP contribution is 2.34. The molecule has 0 unspecified atom stereocenters. The molecule has 0 saturated heterocycles. The van der Waals surface area contributed by atoms with Crippen molar-refractivity contribution in [2.45, 2.75) is 6.92 Å². The predicted octanol–water partition coefficient (Wildman–Crippen LogP) is 5.33. The first kappa shape index (κ1) is 15.4. The molecule has 2 aromatic carbocycles. The zero-order chi connectivity index (χ0) is 14.7. The molecule has 2 aromatic rings. The number of aryl methyl sites for hydroxylation is 1. The van der Waals surface area contributed by atoms with Crippen LogP contribution >= 0.6 is 39.1 Å². The molecular weight excluding hydrogens is 363 g/mol. The minimum Gasteiger partial charge on any atom is -0.484 e. The highest BCUT2D eigenvalue weighted by molar-refractivity contribution is 9.10. The molecule has 0 atom stereocenters. The Kier molecular flexibility index (Phi) is 5.08. The number of rotatable bonds is 4. The molecular formula is C15H11BrCl2O2. The molecule has 0 aliphatic carbocycles. The van der Waals surface area contributed by atoms with Gasteiger partial charge in [-0.3, -0.25) is 4.79 Å². The molecule has 0 N–H and O–H groups in total. The van der Waals surface area contributed by atoms with E-state index in [0.717, 1.165) is 5.56 Å². The van der Waals surface area contributed by atoms with Crippen molar-refractivity contribution in [1.82, 2.24) is 0 Å². The van der Waals surface area contributed by atoms with E-state index in [0.29, 0.717) is 25.8 Å². The van der Waals surface area contributed by atoms with Crippen molar-refractivity contribution >= 4 is 44.9 Å². The van der Waals surface area contributed by atoms with Crippen LogP contribution in [0.3, 0.4) is 0 Å². The number of hydrogen-bond acceptors (Lipinski definition) is 2. The van der Waals surface area contributed by atoms with Crippen LogP contribution in [0.2, 0.25) is 10.0 Å². The summed E-state index contributed by atoms with van der Waals surface area (Å²) in [5, 5.41) is 0.880. The first-order valence-corrected chi connectivity index (χ1v) is 7.39. The number of carbonyl (C=O) groups excluding carboxylic acids is 1. The summed E-state index contributed by atoms with van der Waals surface area (Å²) in [6.45, 7) is 1.85. The molecule has 0 aliphatic rings. The van der Waals surface area contributed by atoms with E-state index < -0.39 is 0 Å². The summed E-state index contributed by atoms with van der Waals surface area (Å²) in [4.78, 5) is 12.0. The van der Waals surface area contributed by atoms with E-state index >= 15 is 0 Å². The topological polar surface area (TPSA) is 26.3 Å². The van der Waals surface area contributed by atoms with Crippen LogP contribution in [0.15, 0.2) is 40.9 Å². The lowest BCUT2D eigenvalue weighted by Crippen LogP contribution is -2.11. The van der Waals surface area contributed by atoms with E-state index in [9.17, 15) is 4.79 Å². The standard InChI is InChI=1S/C15H11BrCl2O2/c1-9-3-2-4-10(5-9)14(19)8-20-15-7-12(17)11(16)6-13(15)18/h2-7H,8H2,1H3. The quantitative estimate of drug-likeness (QED) is 0.535. The van der Waals surface area contributed by atoms with Gasteiger partial charge in [-0.05, 0) is 35.0 Å². The number of benzene rings is 2. The van der Waals surface area contributed by atoms with Crippen LogP contribution in [0.5, 0.6) is 5.75 Å². The van der Waals surface area contributed by atoms with Crippen LogP contribution in [0.25, 0.3) is 0 Å². The summed E-state index contributed by atoms with van der Waals surface area (Å²) < 4.78 is 6.12. The molecule has 0 radical (unpaired) electrons. The molecule has 0 amide bonds. The Hall–Kier alpha value is -1.03. The molecule has 0 saturated carbocycles. The van der Waals surface area contributed by atoms with Crippen LogP contribution in [-0.4, -0.2) is 12.4 Å². The van der Waals surface area contributed by atoms with Crippen LogP contribution in [0.4, 0.5) is 0 Å². The number of halogens is 3. The first-order valence-electron chi connectivity index (χ1n) is 5.84. The van der Waals surface area contributed by atoms with Crippen LogP contribution in [0.1, 0.15) is 15.9 Å². The molecule has 20 heavy (non-hydrogen) atoms. The van der Waals surface area contributed by atoms with Crippen molar-refractivity contribution in [1.29, 1.82) is 0 Å². The van der Waals surface area contributed by atoms with Gasteiger partial charge < -0.3 is 4.74 Å². The Bertz CT molecular complexity index is 656. The minimum atomic E-state index is -0.108. The zero-order valence-electron chi connectivity index (χ0n) is 10.6. The average molecular weight is 374 g/mol. The maximum absolute atomic E-state index is 12.0. The molecule has 2 rings (SSSR count). The largest absolute Gasteiger partial charge is 0.484 e. The van der Waals surface area contributed by atoms with Crippen molar-refractivity contribution in [3.63, 3.8) is 0 Å². The second-order valence-electron chi connectivity index (χ2n) is 4.28. The van der Waals surface area contributed by atoms with Crippen LogP contribution in [0, 0.1) is 6.92 Å². The lowest BCUT2D eigenvalue weighted by Gasteiger charge is -2.09. The van der Waals surface area contributed by atoms with Crippen LogP contribution in [-0.2, 0) is 0 Å². The monoisotopic (exact) mass is 372 g/mol. The van der Waals surface area contributed by atoms with E-state index in [-0.39, 0.29) is 12.4 Å². The molecule has 0 bridgehead atoms. The fourth-order valence-corrected chi connectivity index (χ4v) is 2.51. The first-order chi connectivity index (χ1) is 9.47. The van der Waals surface area contributed by atoms with Crippen molar-refractivity contribution in [3.8, 4) is 5.75 Å². The van der Waals surface area contributed by atoms with E-state index in [2.05, 4.69) is 15.9 Å². The van der Waals surface area contributed by atoms with Gasteiger partial charge in [0, 0.05) is 16.1 Å². The Morgan fingerprint density at radius 1 is 1.20 bits per heavy atom. The molecule has 0 spiro atoms. The Morgan fingerprint density at radius 2 is 1.95 bits per heavy atom. The van der Waals surface area contributed by atoms with Gasteiger partial charge in [-0.2, -0.15) is 0 Å². The van der Waals surface area contributed by atoms with Gasteiger partial charge in [-0.25, -0.2) is 0 Å². The summed E-state index contributed by atoms with van der Waals surface area (Å²) >= 11 is 15.3. The van der Waals surface area contributed by atoms with Gasteiger partial charge in [0.05, 0.1) is 10.0 Å². The summed E-state index contributed by atoms with van der Waals surface area (Å²) in [6.07, 6.45) is 0. The fourth-order valence-electron chi connectivity index (χ4n) is 1.66. The molecule has 0 aromatic heterocycles. The maximum Gasteiger partial charge on any atom is 0.200 e. The third-order valence-electron chi connectivity index (χ3n) is 2.67. The van der Waals surface area contributed by atoms with E-state index in [1.807, 2.05) is 25.1 Å². The average Bonchev–Trinajstić information content (AvgIpc) is 2.41. The van der Waals surface area contributed by atoms with Gasteiger partial charge >= 0.3 is 0 Å². The smallest absolute Gasteiger partial charge is 0.200 e. The third-order valence-corrected chi connectivity index (χ3v) is 4.17. The molecule has 0 fully saturated rings. The maximum atomic E-state index is 12.0. The van der Waals surface area contributed by atoms with Gasteiger partial charge in [0.1, 0.15) is 5.75 Å². The summed E-state index contributed by atoms with van der Waals surface area (Å²) in [5.41, 5.74) is 1.64. The van der Waals surface area contributed by atoms with Crippen molar-refractivity contribution < 1.29 is 9.53 Å². The van der Waals surface area contributed by atoms with E-state index in [4.69, 9.17) is 27.9 Å². The van der Waals surface area contributed by atoms with Gasteiger partial charge in [0.15, 0.2) is 12.4 Å². The third kappa shape index (κ3) is 3.75. The Labute approximate surface area is 135 Å². The fraction of sp³-hybridized carbons (Fsp3) is 0.133. The number of ether oxygens (including phenoxy) is 1. The van der Waals surface area contributed by atoms with Crippen molar-refractivity contribution in [2.24, 2.45) is 0 Å². The molecule has 0 heterocycles. The van der Waals surface area contributed by atoms with Crippen molar-refractivity contribution in [2.75, 3.05) is 6.61 Å². The van der Waals surface area contributed by atoms with Gasteiger partial charge in [-0.1, -0.05) is 47.0 Å². The van der Waals surface area contributed by atoms with E-state index in [1.165, 1.54) is 0 Å². The SMILES string of the molecule is Cc1cccc(C(=O)COc2cc(Cl)c(Br)cc2Cl)c1. The van der Waals surface area contributed by atoms with Gasteiger partial charge in [0.25, 0.3) is 0 Å². The number of Topliss-reactive ketones (excluding diaryl/α,β-unsaturated/α-hetero) is 1. The van der Waals surface area contributed by atoms with Crippen LogP contribution < -0.4 is 4.74 Å². The second-order valence-corrected chi connectivity index (χ2v) is 5.95. The number of hydrogen-bond donors (Lipinski definition) is 0. The lowest BCUT2D eigenvalue weighted by atomic mass is 10.1. The predicted molar refractivity (Wildman–Crippen MR) is 85.2 cm³/mol. The second kappa shape index (κ2) is 6.61. The summed E-state index contributed by atoms with van der Waals surface area (Å²) in [7, 11) is 0. The zero-order valence-corrected chi connectivity index (χ0v) is 13.7.